The summed E-state index contributed by atoms with van der Waals surface area (Å²) in [7, 11) is 0. The number of rotatable bonds is 0. The van der Waals surface area contributed by atoms with Gasteiger partial charge < -0.3 is 30.0 Å². The predicted molar refractivity (Wildman–Crippen MR) is 22.8 cm³/mol. The molecule has 6 heteroatoms. The number of hydrogen-bond donors (Lipinski definition) is 2. The fourth-order valence-electron chi connectivity index (χ4n) is 0. The fraction of sp³-hybridized carbons (Fsp3) is 0.333. The van der Waals surface area contributed by atoms with E-state index in [1.165, 1.54) is 0 Å². The van der Waals surface area contributed by atoms with Crippen molar-refractivity contribution in [2.45, 2.75) is 7.43 Å². The van der Waals surface area contributed by atoms with E-state index in [1.807, 2.05) is 0 Å². The summed E-state index contributed by atoms with van der Waals surface area (Å²) in [5.74, 6) is 0. The van der Waals surface area contributed by atoms with E-state index >= 15 is 0 Å². The van der Waals surface area contributed by atoms with Gasteiger partial charge in [0.15, 0.2) is 0 Å². The van der Waals surface area contributed by atoms with Gasteiger partial charge in [-0.2, -0.15) is 0 Å². The average Bonchev–Trinajstić information content (AvgIpc) is 1.25. The van der Waals surface area contributed by atoms with E-state index in [9.17, 15) is 0 Å². The lowest BCUT2D eigenvalue weighted by atomic mass is 11.5. The quantitative estimate of drug-likeness (QED) is 0.416. The molecule has 0 aliphatic carbocycles. The Kier molecular flexibility index (Phi) is 16.9. The zero-order valence-corrected chi connectivity index (χ0v) is 3.53. The second-order valence-corrected chi connectivity index (χ2v) is 0.532. The van der Waals surface area contributed by atoms with E-state index in [0.29, 0.717) is 0 Å². The normalized spacial score (nSPS) is 5.33. The van der Waals surface area contributed by atoms with E-state index in [0.717, 1.165) is 0 Å². The van der Waals surface area contributed by atoms with Crippen molar-refractivity contribution in [1.82, 2.24) is 0 Å². The van der Waals surface area contributed by atoms with Crippen LogP contribution in [0.15, 0.2) is 0 Å². The van der Waals surface area contributed by atoms with Crippen molar-refractivity contribution in [3.8, 4) is 0 Å². The van der Waals surface area contributed by atoms with Gasteiger partial charge in [0, 0.05) is 0 Å². The van der Waals surface area contributed by atoms with Crippen LogP contribution in [0.25, 0.3) is 0 Å². The first-order chi connectivity index (χ1) is 3.46. The third-order valence-corrected chi connectivity index (χ3v) is 0. The van der Waals surface area contributed by atoms with Crippen molar-refractivity contribution in [2.24, 2.45) is 0 Å². The predicted octanol–water partition coefficient (Wildman–Crippen LogP) is -1.59. The van der Waals surface area contributed by atoms with E-state index in [-0.39, 0.29) is 7.43 Å². The van der Waals surface area contributed by atoms with Crippen LogP contribution in [0.1, 0.15) is 7.43 Å². The summed E-state index contributed by atoms with van der Waals surface area (Å²) in [5.41, 5.74) is 0. The van der Waals surface area contributed by atoms with Crippen LogP contribution in [-0.2, 0) is 0 Å². The highest BCUT2D eigenvalue weighted by Crippen LogP contribution is 1.32. The molecule has 0 aromatic carbocycles. The van der Waals surface area contributed by atoms with E-state index in [4.69, 9.17) is 30.0 Å². The number of hydrogen-bond acceptors (Lipinski definition) is 4. The Morgan fingerprint density at radius 3 is 1.00 bits per heavy atom. The molecule has 56 valence electrons. The van der Waals surface area contributed by atoms with Crippen molar-refractivity contribution < 1.29 is 30.0 Å². The van der Waals surface area contributed by atoms with Gasteiger partial charge in [0.1, 0.15) is 0 Å². The van der Waals surface area contributed by atoms with Crippen LogP contribution in [0, 0.1) is 0 Å². The average molecular weight is 138 g/mol. The van der Waals surface area contributed by atoms with Crippen LogP contribution < -0.4 is 10.2 Å². The second-order valence-electron chi connectivity index (χ2n) is 0.532. The highest BCUT2D eigenvalue weighted by atomic mass is 16.6. The Balaban J connectivity index is -0.0000000720. The molecular weight excluding hydrogens is 132 g/mol. The van der Waals surface area contributed by atoms with Gasteiger partial charge in [-0.3, -0.25) is 0 Å². The Bertz CT molecular complexity index is 66.3. The molecule has 0 aromatic heterocycles. The maximum atomic E-state index is 8.44. The van der Waals surface area contributed by atoms with Gasteiger partial charge in [-0.15, -0.1) is 0 Å². The molecule has 9 heavy (non-hydrogen) atoms. The molecule has 2 N–H and O–H groups in total. The van der Waals surface area contributed by atoms with Crippen molar-refractivity contribution in [1.29, 1.82) is 0 Å². The Labute approximate surface area is 51.0 Å². The first-order valence-corrected chi connectivity index (χ1v) is 1.26. The summed E-state index contributed by atoms with van der Waals surface area (Å²) in [4.78, 5) is 16.9. The van der Waals surface area contributed by atoms with Crippen LogP contribution >= 0.6 is 0 Å². The molecule has 0 radical (unpaired) electrons. The molecule has 0 unspecified atom stereocenters. The van der Waals surface area contributed by atoms with Gasteiger partial charge in [0.2, 0.25) is 12.3 Å². The molecule has 0 aromatic rings. The van der Waals surface area contributed by atoms with E-state index in [1.54, 1.807) is 0 Å². The minimum atomic E-state index is -2.08. The molecule has 0 amide bonds. The maximum absolute atomic E-state index is 8.44. The maximum Gasteiger partial charge on any atom is 0.249 e. The fourth-order valence-corrected chi connectivity index (χ4v) is 0. The third-order valence-electron chi connectivity index (χ3n) is 0. The monoisotopic (exact) mass is 138 g/mol. The summed E-state index contributed by atoms with van der Waals surface area (Å²) < 4.78 is 0. The first-order valence-electron chi connectivity index (χ1n) is 1.26. The standard InChI is InChI=1S/2CH2O3.CH4/c2*2-1(3)4;/h2*(H2,2,3,4);1H4/p-2. The Hall–Kier alpha value is -1.46. The van der Waals surface area contributed by atoms with Gasteiger partial charge in [-0.1, -0.05) is 7.43 Å². The molecule has 0 aliphatic rings. The van der Waals surface area contributed by atoms with E-state index < -0.39 is 12.3 Å². The third kappa shape index (κ3) is 63.2. The van der Waals surface area contributed by atoms with Crippen LogP contribution in [0.3, 0.4) is 0 Å². The minimum Gasteiger partial charge on any atom is -0.565 e. The summed E-state index contributed by atoms with van der Waals surface area (Å²) in [6, 6.07) is 0. The molecule has 6 nitrogen and oxygen atoms in total. The lowest BCUT2D eigenvalue weighted by Gasteiger charge is -1.74. The summed E-state index contributed by atoms with van der Waals surface area (Å²) >= 11 is 0. The minimum absolute atomic E-state index is 0. The molecule has 0 saturated carbocycles. The van der Waals surface area contributed by atoms with Crippen LogP contribution in [0.4, 0.5) is 9.59 Å². The molecule has 0 spiro atoms. The summed E-state index contributed by atoms with van der Waals surface area (Å²) in [5, 5.41) is 30.6. The second kappa shape index (κ2) is 9.74. The molecule has 0 bridgehead atoms. The van der Waals surface area contributed by atoms with Crippen molar-refractivity contribution in [2.75, 3.05) is 0 Å². The van der Waals surface area contributed by atoms with Crippen LogP contribution in [0.5, 0.6) is 0 Å². The SMILES string of the molecule is C.O=C([O-])O.O=C([O-])O. The highest BCUT2D eigenvalue weighted by molar-refractivity contribution is 5.50. The smallest absolute Gasteiger partial charge is 0.249 e. The first kappa shape index (κ1) is 15.6. The molecule has 0 fully saturated rings. The van der Waals surface area contributed by atoms with Crippen molar-refractivity contribution in [3.63, 3.8) is 0 Å². The lowest BCUT2D eigenvalue weighted by Crippen LogP contribution is -2.17. The zero-order valence-electron chi connectivity index (χ0n) is 3.53. The van der Waals surface area contributed by atoms with Crippen molar-refractivity contribution in [3.05, 3.63) is 0 Å². The number of carbonyl (C=O) groups is 2. The van der Waals surface area contributed by atoms with Crippen LogP contribution in [0.2, 0.25) is 0 Å². The molecular formula is C3H6O6-2. The van der Waals surface area contributed by atoms with Gasteiger partial charge in [0.25, 0.3) is 0 Å². The Morgan fingerprint density at radius 1 is 1.00 bits per heavy atom. The van der Waals surface area contributed by atoms with E-state index in [2.05, 4.69) is 0 Å². The summed E-state index contributed by atoms with van der Waals surface area (Å²) in [6.45, 7) is 0. The Morgan fingerprint density at radius 2 is 1.00 bits per heavy atom. The van der Waals surface area contributed by atoms with Crippen molar-refractivity contribution >= 4 is 12.3 Å². The van der Waals surface area contributed by atoms with Gasteiger partial charge in [-0.25, -0.2) is 0 Å². The summed E-state index contributed by atoms with van der Waals surface area (Å²) in [6.07, 6.45) is -4.17. The van der Waals surface area contributed by atoms with Crippen LogP contribution in [-0.4, -0.2) is 22.5 Å². The van der Waals surface area contributed by atoms with Gasteiger partial charge >= 0.3 is 0 Å². The molecule has 0 aliphatic heterocycles. The van der Waals surface area contributed by atoms with Gasteiger partial charge in [0.05, 0.1) is 0 Å². The molecule has 0 heterocycles. The largest absolute Gasteiger partial charge is 0.565 e. The number of carboxylic acid groups (broad SMARTS) is 4. The topological polar surface area (TPSA) is 121 Å². The molecule has 0 saturated heterocycles. The lowest BCUT2D eigenvalue weighted by molar-refractivity contribution is -0.276. The zero-order chi connectivity index (χ0) is 7.15. The highest BCUT2D eigenvalue weighted by Gasteiger charge is 1.51. The van der Waals surface area contributed by atoms with Gasteiger partial charge in [-0.05, 0) is 0 Å². The molecule has 0 atom stereocenters. The molecule has 0 rings (SSSR count).